The highest BCUT2D eigenvalue weighted by Gasteiger charge is 2.42. The molecule has 1 heterocycles. The quantitative estimate of drug-likeness (QED) is 0.814. The van der Waals surface area contributed by atoms with Crippen molar-refractivity contribution >= 4 is 21.6 Å². The summed E-state index contributed by atoms with van der Waals surface area (Å²) in [5.41, 5.74) is 7.57. The van der Waals surface area contributed by atoms with E-state index in [0.717, 1.165) is 42.6 Å². The van der Waals surface area contributed by atoms with Crippen LogP contribution in [0.25, 0.3) is 0 Å². The number of nitrogen functional groups attached to an aromatic ring is 1. The number of fused-ring (bicyclic) bond motifs is 1. The van der Waals surface area contributed by atoms with Gasteiger partial charge in [0.1, 0.15) is 0 Å². The number of benzene rings is 1. The molecule has 2 aliphatic rings. The lowest BCUT2D eigenvalue weighted by molar-refractivity contribution is -0.0967. The zero-order valence-electron chi connectivity index (χ0n) is 11.8. The van der Waals surface area contributed by atoms with Crippen molar-refractivity contribution in [3.63, 3.8) is 0 Å². The molecule has 0 amide bonds. The van der Waals surface area contributed by atoms with Crippen LogP contribution < -0.4 is 5.73 Å². The van der Waals surface area contributed by atoms with Gasteiger partial charge in [-0.15, -0.1) is 0 Å². The van der Waals surface area contributed by atoms with Gasteiger partial charge in [0.15, 0.2) is 0 Å². The standard InChI is InChI=1S/C16H23BrN2O/c17-14-7-12(8-15(18)9-14)10-19-6-5-16(20)4-2-1-3-13(16)11-19/h7-9,13,20H,1-6,10-11,18H2. The first kappa shape index (κ1) is 14.4. The number of hydrogen-bond acceptors (Lipinski definition) is 3. The van der Waals surface area contributed by atoms with E-state index in [-0.39, 0.29) is 5.60 Å². The zero-order chi connectivity index (χ0) is 14.2. The molecule has 1 aliphatic carbocycles. The van der Waals surface area contributed by atoms with Gasteiger partial charge < -0.3 is 10.8 Å². The van der Waals surface area contributed by atoms with Gasteiger partial charge in [-0.3, -0.25) is 4.90 Å². The monoisotopic (exact) mass is 338 g/mol. The lowest BCUT2D eigenvalue weighted by atomic mass is 9.71. The van der Waals surface area contributed by atoms with E-state index in [2.05, 4.69) is 26.9 Å². The SMILES string of the molecule is Nc1cc(Br)cc(CN2CCC3(O)CCCCC3C2)c1. The van der Waals surface area contributed by atoms with Crippen LogP contribution in [-0.2, 0) is 6.54 Å². The first-order valence-corrected chi connectivity index (χ1v) is 8.34. The fraction of sp³-hybridized carbons (Fsp3) is 0.625. The lowest BCUT2D eigenvalue weighted by Gasteiger charge is -2.47. The molecule has 1 saturated heterocycles. The summed E-state index contributed by atoms with van der Waals surface area (Å²) in [5, 5.41) is 10.7. The van der Waals surface area contributed by atoms with Crippen molar-refractivity contribution < 1.29 is 5.11 Å². The highest BCUT2D eigenvalue weighted by atomic mass is 79.9. The minimum Gasteiger partial charge on any atom is -0.399 e. The van der Waals surface area contributed by atoms with Gasteiger partial charge in [-0.25, -0.2) is 0 Å². The average Bonchev–Trinajstić information content (AvgIpc) is 2.38. The van der Waals surface area contributed by atoms with Crippen molar-refractivity contribution in [3.8, 4) is 0 Å². The largest absolute Gasteiger partial charge is 0.399 e. The van der Waals surface area contributed by atoms with E-state index in [0.29, 0.717) is 5.92 Å². The van der Waals surface area contributed by atoms with Crippen LogP contribution in [0, 0.1) is 5.92 Å². The van der Waals surface area contributed by atoms with Gasteiger partial charge in [0.25, 0.3) is 0 Å². The number of anilines is 1. The van der Waals surface area contributed by atoms with E-state index in [1.165, 1.54) is 24.8 Å². The summed E-state index contributed by atoms with van der Waals surface area (Å²) in [6.45, 7) is 2.93. The Hall–Kier alpha value is -0.580. The summed E-state index contributed by atoms with van der Waals surface area (Å²) in [4.78, 5) is 2.46. The van der Waals surface area contributed by atoms with Crippen LogP contribution in [0.4, 0.5) is 5.69 Å². The summed E-state index contributed by atoms with van der Waals surface area (Å²) < 4.78 is 1.04. The van der Waals surface area contributed by atoms with Crippen LogP contribution >= 0.6 is 15.9 Å². The van der Waals surface area contributed by atoms with Crippen molar-refractivity contribution in [1.82, 2.24) is 4.90 Å². The van der Waals surface area contributed by atoms with Crippen LogP contribution in [-0.4, -0.2) is 28.7 Å². The van der Waals surface area contributed by atoms with Gasteiger partial charge in [-0.1, -0.05) is 28.8 Å². The number of halogens is 1. The van der Waals surface area contributed by atoms with Crippen molar-refractivity contribution in [1.29, 1.82) is 0 Å². The molecule has 3 nitrogen and oxygen atoms in total. The van der Waals surface area contributed by atoms with Gasteiger partial charge in [0.05, 0.1) is 5.60 Å². The Labute approximate surface area is 129 Å². The number of piperidine rings is 1. The predicted molar refractivity (Wildman–Crippen MR) is 85.4 cm³/mol. The maximum absolute atomic E-state index is 10.7. The molecule has 3 N–H and O–H groups in total. The molecule has 2 unspecified atom stereocenters. The molecule has 0 bridgehead atoms. The molecule has 20 heavy (non-hydrogen) atoms. The van der Waals surface area contributed by atoms with Gasteiger partial charge >= 0.3 is 0 Å². The van der Waals surface area contributed by atoms with E-state index in [9.17, 15) is 5.11 Å². The number of hydrogen-bond donors (Lipinski definition) is 2. The second kappa shape index (κ2) is 5.66. The number of rotatable bonds is 2. The van der Waals surface area contributed by atoms with Crippen LogP contribution in [0.15, 0.2) is 22.7 Å². The fourth-order valence-corrected chi connectivity index (χ4v) is 4.37. The lowest BCUT2D eigenvalue weighted by Crippen LogP contribution is -2.52. The van der Waals surface area contributed by atoms with Crippen molar-refractivity contribution in [2.45, 2.75) is 44.2 Å². The molecule has 1 saturated carbocycles. The summed E-state index contributed by atoms with van der Waals surface area (Å²) in [6, 6.07) is 6.12. The molecule has 1 aliphatic heterocycles. The third-order valence-corrected chi connectivity index (χ3v) is 5.36. The van der Waals surface area contributed by atoms with Crippen molar-refractivity contribution in [2.75, 3.05) is 18.8 Å². The highest BCUT2D eigenvalue weighted by molar-refractivity contribution is 9.10. The maximum Gasteiger partial charge on any atom is 0.0700 e. The minimum absolute atomic E-state index is 0.384. The molecular formula is C16H23BrN2O. The molecule has 0 aromatic heterocycles. The first-order valence-electron chi connectivity index (χ1n) is 7.55. The van der Waals surface area contributed by atoms with E-state index in [1.54, 1.807) is 0 Å². The Morgan fingerprint density at radius 3 is 2.95 bits per heavy atom. The Kier molecular flexibility index (Phi) is 4.07. The van der Waals surface area contributed by atoms with E-state index < -0.39 is 0 Å². The second-order valence-corrected chi connectivity index (χ2v) is 7.34. The first-order chi connectivity index (χ1) is 9.55. The topological polar surface area (TPSA) is 49.5 Å². The second-order valence-electron chi connectivity index (χ2n) is 6.42. The Morgan fingerprint density at radius 1 is 1.30 bits per heavy atom. The highest BCUT2D eigenvalue weighted by Crippen LogP contribution is 2.40. The zero-order valence-corrected chi connectivity index (χ0v) is 13.4. The molecule has 1 aromatic rings. The van der Waals surface area contributed by atoms with E-state index in [1.807, 2.05) is 12.1 Å². The van der Waals surface area contributed by atoms with Gasteiger partial charge in [-0.2, -0.15) is 0 Å². The molecule has 1 aromatic carbocycles. The Balaban J connectivity index is 1.67. The smallest absolute Gasteiger partial charge is 0.0700 e. The normalized spacial score (nSPS) is 31.0. The van der Waals surface area contributed by atoms with Crippen molar-refractivity contribution in [3.05, 3.63) is 28.2 Å². The predicted octanol–water partition coefficient (Wildman–Crippen LogP) is 3.16. The van der Waals surface area contributed by atoms with Crippen LogP contribution in [0.2, 0.25) is 0 Å². The maximum atomic E-state index is 10.7. The Morgan fingerprint density at radius 2 is 2.15 bits per heavy atom. The summed E-state index contributed by atoms with van der Waals surface area (Å²) >= 11 is 3.50. The molecule has 110 valence electrons. The number of likely N-dealkylation sites (tertiary alicyclic amines) is 1. The third kappa shape index (κ3) is 3.02. The molecule has 0 spiro atoms. The summed E-state index contributed by atoms with van der Waals surface area (Å²) in [6.07, 6.45) is 5.55. The van der Waals surface area contributed by atoms with Gasteiger partial charge in [0, 0.05) is 35.7 Å². The van der Waals surface area contributed by atoms with Crippen LogP contribution in [0.3, 0.4) is 0 Å². The molecule has 4 heteroatoms. The fourth-order valence-electron chi connectivity index (χ4n) is 3.81. The molecule has 3 rings (SSSR count). The number of nitrogens with zero attached hydrogens (tertiary/aromatic N) is 1. The van der Waals surface area contributed by atoms with Crippen molar-refractivity contribution in [2.24, 2.45) is 5.92 Å². The number of aliphatic hydroxyl groups is 1. The molecule has 2 atom stereocenters. The molecule has 0 radical (unpaired) electrons. The van der Waals surface area contributed by atoms with Gasteiger partial charge in [0.2, 0.25) is 0 Å². The summed E-state index contributed by atoms with van der Waals surface area (Å²) in [5.74, 6) is 0.453. The number of nitrogens with two attached hydrogens (primary N) is 1. The van der Waals surface area contributed by atoms with Crippen LogP contribution in [0.5, 0.6) is 0 Å². The molecule has 2 fully saturated rings. The van der Waals surface area contributed by atoms with Crippen LogP contribution in [0.1, 0.15) is 37.7 Å². The van der Waals surface area contributed by atoms with E-state index >= 15 is 0 Å². The average molecular weight is 339 g/mol. The molecular weight excluding hydrogens is 316 g/mol. The van der Waals surface area contributed by atoms with E-state index in [4.69, 9.17) is 5.73 Å². The van der Waals surface area contributed by atoms with Gasteiger partial charge in [-0.05, 0) is 43.0 Å². The summed E-state index contributed by atoms with van der Waals surface area (Å²) in [7, 11) is 0. The Bertz CT molecular complexity index is 473. The minimum atomic E-state index is -0.384. The third-order valence-electron chi connectivity index (χ3n) is 4.90.